The van der Waals surface area contributed by atoms with Gasteiger partial charge in [-0.2, -0.15) is 4.80 Å². The van der Waals surface area contributed by atoms with Gasteiger partial charge < -0.3 is 10.1 Å². The van der Waals surface area contributed by atoms with Crippen LogP contribution in [0.4, 0.5) is 4.39 Å². The van der Waals surface area contributed by atoms with Crippen LogP contribution in [0.1, 0.15) is 19.4 Å². The molecule has 1 heterocycles. The summed E-state index contributed by atoms with van der Waals surface area (Å²) in [5.41, 5.74) is 0.513. The Morgan fingerprint density at radius 2 is 2.32 bits per heavy atom. The predicted molar refractivity (Wildman–Crippen MR) is 77.4 cm³/mol. The van der Waals surface area contributed by atoms with Gasteiger partial charge in [-0.05, 0) is 30.7 Å². The zero-order valence-electron chi connectivity index (χ0n) is 12.5. The van der Waals surface area contributed by atoms with Crippen molar-refractivity contribution in [2.45, 2.75) is 19.4 Å². The summed E-state index contributed by atoms with van der Waals surface area (Å²) in [6.07, 6.45) is 0.730. The van der Waals surface area contributed by atoms with Crippen molar-refractivity contribution in [3.8, 4) is 11.4 Å². The van der Waals surface area contributed by atoms with Crippen LogP contribution in [-0.2, 0) is 9.53 Å². The molecule has 2 rings (SSSR count). The molecule has 2 aromatic rings. The molecular weight excluding hydrogens is 289 g/mol. The van der Waals surface area contributed by atoms with E-state index in [-0.39, 0.29) is 17.5 Å². The molecule has 0 bridgehead atoms. The average molecular weight is 307 g/mol. The number of nitrogens with one attached hydrogen (secondary N) is 1. The Kier molecular flexibility index (Phi) is 5.54. The summed E-state index contributed by atoms with van der Waals surface area (Å²) in [5.74, 6) is -0.310. The lowest BCUT2D eigenvalue weighted by Crippen LogP contribution is -2.33. The summed E-state index contributed by atoms with van der Waals surface area (Å²) in [6, 6.07) is 5.30. The summed E-state index contributed by atoms with van der Waals surface area (Å²) in [6.45, 7) is 2.77. The Morgan fingerprint density at radius 3 is 3.05 bits per heavy atom. The number of benzene rings is 1. The van der Waals surface area contributed by atoms with Gasteiger partial charge in [-0.15, -0.1) is 10.2 Å². The number of hydrogen-bond donors (Lipinski definition) is 1. The first kappa shape index (κ1) is 16.0. The van der Waals surface area contributed by atoms with Crippen molar-refractivity contribution in [2.75, 3.05) is 20.3 Å². The third kappa shape index (κ3) is 4.08. The van der Waals surface area contributed by atoms with Gasteiger partial charge in [-0.1, -0.05) is 12.1 Å². The largest absolute Gasteiger partial charge is 0.385 e. The van der Waals surface area contributed by atoms with Crippen molar-refractivity contribution >= 4 is 5.91 Å². The van der Waals surface area contributed by atoms with E-state index in [2.05, 4.69) is 20.7 Å². The number of amides is 1. The van der Waals surface area contributed by atoms with Crippen LogP contribution in [0.3, 0.4) is 0 Å². The quantitative estimate of drug-likeness (QED) is 0.777. The summed E-state index contributed by atoms with van der Waals surface area (Å²) in [4.78, 5) is 13.2. The molecule has 0 aliphatic carbocycles. The molecule has 22 heavy (non-hydrogen) atoms. The molecule has 1 aromatic heterocycles. The fourth-order valence-electron chi connectivity index (χ4n) is 1.81. The SMILES string of the molecule is COCCCNC(=O)C(C)n1nnc(-c2cccc(F)c2)n1. The highest BCUT2D eigenvalue weighted by molar-refractivity contribution is 5.79. The Morgan fingerprint density at radius 1 is 1.50 bits per heavy atom. The fraction of sp³-hybridized carbons (Fsp3) is 0.429. The zero-order chi connectivity index (χ0) is 15.9. The van der Waals surface area contributed by atoms with Crippen LogP contribution in [0, 0.1) is 5.82 Å². The monoisotopic (exact) mass is 307 g/mol. The van der Waals surface area contributed by atoms with Crippen LogP contribution >= 0.6 is 0 Å². The number of hydrogen-bond acceptors (Lipinski definition) is 5. The molecule has 1 aromatic carbocycles. The second kappa shape index (κ2) is 7.60. The molecule has 1 N–H and O–H groups in total. The van der Waals surface area contributed by atoms with Gasteiger partial charge in [0, 0.05) is 25.8 Å². The molecule has 1 atom stereocenters. The lowest BCUT2D eigenvalue weighted by Gasteiger charge is -2.10. The first-order valence-electron chi connectivity index (χ1n) is 6.94. The standard InChI is InChI=1S/C14H18FN5O2/c1-10(14(21)16-7-4-8-22-2)20-18-13(17-19-20)11-5-3-6-12(15)9-11/h3,5-6,9-10H,4,7-8H2,1-2H3,(H,16,21). The Balaban J connectivity index is 1.99. The molecule has 0 spiro atoms. The van der Waals surface area contributed by atoms with Crippen LogP contribution in [0.5, 0.6) is 0 Å². The molecule has 0 radical (unpaired) electrons. The second-order valence-electron chi connectivity index (χ2n) is 4.76. The Bertz CT molecular complexity index is 631. The van der Waals surface area contributed by atoms with Gasteiger partial charge in [0.15, 0.2) is 0 Å². The number of carbonyl (C=O) groups is 1. The van der Waals surface area contributed by atoms with E-state index < -0.39 is 6.04 Å². The molecule has 7 nitrogen and oxygen atoms in total. The lowest BCUT2D eigenvalue weighted by molar-refractivity contribution is -0.124. The zero-order valence-corrected chi connectivity index (χ0v) is 12.5. The van der Waals surface area contributed by atoms with E-state index >= 15 is 0 Å². The van der Waals surface area contributed by atoms with Gasteiger partial charge in [-0.3, -0.25) is 4.79 Å². The third-order valence-corrected chi connectivity index (χ3v) is 3.06. The number of rotatable bonds is 7. The van der Waals surface area contributed by atoms with Crippen molar-refractivity contribution in [2.24, 2.45) is 0 Å². The Hall–Kier alpha value is -2.35. The van der Waals surface area contributed by atoms with E-state index in [0.717, 1.165) is 6.42 Å². The summed E-state index contributed by atoms with van der Waals surface area (Å²) in [5, 5.41) is 14.6. The highest BCUT2D eigenvalue weighted by Gasteiger charge is 2.18. The van der Waals surface area contributed by atoms with E-state index in [4.69, 9.17) is 4.74 Å². The number of aromatic nitrogens is 4. The van der Waals surface area contributed by atoms with E-state index in [1.54, 1.807) is 26.2 Å². The molecule has 0 aliphatic heterocycles. The third-order valence-electron chi connectivity index (χ3n) is 3.06. The van der Waals surface area contributed by atoms with Gasteiger partial charge in [0.2, 0.25) is 11.7 Å². The molecule has 0 fully saturated rings. The number of tetrazole rings is 1. The Labute approximate surface area is 127 Å². The second-order valence-corrected chi connectivity index (χ2v) is 4.76. The number of methoxy groups -OCH3 is 1. The first-order valence-corrected chi connectivity index (χ1v) is 6.94. The summed E-state index contributed by atoms with van der Waals surface area (Å²) >= 11 is 0. The van der Waals surface area contributed by atoms with Crippen LogP contribution in [0.2, 0.25) is 0 Å². The number of halogens is 1. The summed E-state index contributed by atoms with van der Waals surface area (Å²) < 4.78 is 18.1. The maximum Gasteiger partial charge on any atom is 0.246 e. The minimum Gasteiger partial charge on any atom is -0.385 e. The van der Waals surface area contributed by atoms with Gasteiger partial charge in [0.1, 0.15) is 11.9 Å². The van der Waals surface area contributed by atoms with Gasteiger partial charge >= 0.3 is 0 Å². The first-order chi connectivity index (χ1) is 10.6. The van der Waals surface area contributed by atoms with E-state index in [0.29, 0.717) is 18.7 Å². The molecule has 1 unspecified atom stereocenters. The van der Waals surface area contributed by atoms with Crippen molar-refractivity contribution < 1.29 is 13.9 Å². The highest BCUT2D eigenvalue weighted by atomic mass is 19.1. The fourth-order valence-corrected chi connectivity index (χ4v) is 1.81. The average Bonchev–Trinajstić information content (AvgIpc) is 3.00. The molecule has 0 saturated carbocycles. The topological polar surface area (TPSA) is 81.9 Å². The van der Waals surface area contributed by atoms with Crippen LogP contribution in [-0.4, -0.2) is 46.4 Å². The normalized spacial score (nSPS) is 12.1. The molecule has 1 amide bonds. The number of nitrogens with zero attached hydrogens (tertiary/aromatic N) is 4. The smallest absolute Gasteiger partial charge is 0.246 e. The van der Waals surface area contributed by atoms with Crippen LogP contribution in [0.15, 0.2) is 24.3 Å². The number of ether oxygens (including phenoxy) is 1. The van der Waals surface area contributed by atoms with Gasteiger partial charge in [0.05, 0.1) is 0 Å². The van der Waals surface area contributed by atoms with Crippen molar-refractivity contribution in [1.82, 2.24) is 25.5 Å². The summed E-state index contributed by atoms with van der Waals surface area (Å²) in [7, 11) is 1.61. The molecule has 0 aliphatic rings. The van der Waals surface area contributed by atoms with Crippen LogP contribution in [0.25, 0.3) is 11.4 Å². The maximum atomic E-state index is 13.2. The van der Waals surface area contributed by atoms with Crippen LogP contribution < -0.4 is 5.32 Å². The minimum absolute atomic E-state index is 0.209. The molecule has 118 valence electrons. The molecular formula is C14H18FN5O2. The van der Waals surface area contributed by atoms with Gasteiger partial charge in [-0.25, -0.2) is 4.39 Å². The maximum absolute atomic E-state index is 13.2. The van der Waals surface area contributed by atoms with E-state index in [1.807, 2.05) is 0 Å². The molecule has 8 heteroatoms. The predicted octanol–water partition coefficient (Wildman–Crippen LogP) is 1.19. The van der Waals surface area contributed by atoms with E-state index in [1.165, 1.54) is 16.9 Å². The minimum atomic E-state index is -0.600. The van der Waals surface area contributed by atoms with Crippen molar-refractivity contribution in [1.29, 1.82) is 0 Å². The van der Waals surface area contributed by atoms with E-state index in [9.17, 15) is 9.18 Å². The van der Waals surface area contributed by atoms with Gasteiger partial charge in [0.25, 0.3) is 0 Å². The number of carbonyl (C=O) groups excluding carboxylic acids is 1. The van der Waals surface area contributed by atoms with Crippen molar-refractivity contribution in [3.63, 3.8) is 0 Å². The molecule has 0 saturated heterocycles. The lowest BCUT2D eigenvalue weighted by atomic mass is 10.2. The highest BCUT2D eigenvalue weighted by Crippen LogP contribution is 2.15. The van der Waals surface area contributed by atoms with Crippen molar-refractivity contribution in [3.05, 3.63) is 30.1 Å².